The number of thioether (sulfide) groups is 1. The summed E-state index contributed by atoms with van der Waals surface area (Å²) in [7, 11) is 0. The fourth-order valence-electron chi connectivity index (χ4n) is 7.04. The number of aliphatic hydroxyl groups is 1. The minimum absolute atomic E-state index is 0.00972. The molecule has 42 heavy (non-hydrogen) atoms. The lowest BCUT2D eigenvalue weighted by Crippen LogP contribution is -2.57. The van der Waals surface area contributed by atoms with Gasteiger partial charge in [0.2, 0.25) is 0 Å². The number of hydrogen-bond donors (Lipinski definition) is 1. The first-order valence-electron chi connectivity index (χ1n) is 14.6. The Hall–Kier alpha value is -3.80. The van der Waals surface area contributed by atoms with E-state index in [9.17, 15) is 9.90 Å². The molecular formula is C37H37NO3S. The summed E-state index contributed by atoms with van der Waals surface area (Å²) < 4.78 is 6.61. The van der Waals surface area contributed by atoms with E-state index in [1.165, 1.54) is 11.8 Å². The van der Waals surface area contributed by atoms with E-state index in [1.54, 1.807) is 0 Å². The lowest BCUT2D eigenvalue weighted by Gasteiger charge is -2.48. The zero-order chi connectivity index (χ0) is 29.3. The molecule has 1 unspecified atom stereocenters. The van der Waals surface area contributed by atoms with Crippen LogP contribution in [0.15, 0.2) is 121 Å². The number of benzene rings is 4. The molecule has 214 valence electrons. The van der Waals surface area contributed by atoms with Crippen molar-refractivity contribution in [3.05, 3.63) is 149 Å². The molecule has 6 rings (SSSR count). The van der Waals surface area contributed by atoms with Gasteiger partial charge in [0.1, 0.15) is 11.0 Å². The van der Waals surface area contributed by atoms with Crippen molar-refractivity contribution < 1.29 is 14.6 Å². The van der Waals surface area contributed by atoms with Crippen LogP contribution < -0.4 is 0 Å². The third kappa shape index (κ3) is 4.56. The van der Waals surface area contributed by atoms with Gasteiger partial charge in [0.25, 0.3) is 0 Å². The molecule has 0 aromatic heterocycles. The second-order valence-electron chi connectivity index (χ2n) is 11.5. The number of cyclic esters (lactones) is 1. The Morgan fingerprint density at radius 1 is 0.833 bits per heavy atom. The number of carbonyl (C=O) groups is 1. The normalized spacial score (nSPS) is 23.1. The van der Waals surface area contributed by atoms with Crippen LogP contribution in [-0.4, -0.2) is 33.8 Å². The van der Waals surface area contributed by atoms with Gasteiger partial charge in [0.15, 0.2) is 5.60 Å². The Balaban J connectivity index is 1.57. The van der Waals surface area contributed by atoms with Crippen LogP contribution in [0.4, 0.5) is 4.79 Å². The second-order valence-corrected chi connectivity index (χ2v) is 12.4. The van der Waals surface area contributed by atoms with Gasteiger partial charge < -0.3 is 9.84 Å². The van der Waals surface area contributed by atoms with Crippen molar-refractivity contribution in [3.8, 4) is 0 Å². The number of amides is 1. The highest BCUT2D eigenvalue weighted by Crippen LogP contribution is 2.54. The molecule has 4 aromatic carbocycles. The predicted molar refractivity (Wildman–Crippen MR) is 171 cm³/mol. The highest BCUT2D eigenvalue weighted by molar-refractivity contribution is 7.99. The molecule has 0 saturated carbocycles. The number of aryl methyl sites for hydroxylation is 1. The molecule has 4 nitrogen and oxygen atoms in total. The summed E-state index contributed by atoms with van der Waals surface area (Å²) in [6.07, 6.45) is 5.18. The first-order valence-corrected chi connectivity index (χ1v) is 15.9. The maximum atomic E-state index is 14.4. The van der Waals surface area contributed by atoms with E-state index in [2.05, 4.69) is 38.1 Å². The minimum Gasteiger partial charge on any atom is -0.431 e. The van der Waals surface area contributed by atoms with Crippen molar-refractivity contribution in [1.82, 2.24) is 4.90 Å². The number of rotatable bonds is 7. The number of hydrogen-bond acceptors (Lipinski definition) is 4. The van der Waals surface area contributed by atoms with E-state index < -0.39 is 22.7 Å². The Morgan fingerprint density at radius 2 is 1.38 bits per heavy atom. The van der Waals surface area contributed by atoms with Crippen LogP contribution in [0.25, 0.3) is 6.08 Å². The molecule has 0 bridgehead atoms. The summed E-state index contributed by atoms with van der Waals surface area (Å²) in [6, 6.07) is 37.9. The largest absolute Gasteiger partial charge is 0.431 e. The van der Waals surface area contributed by atoms with E-state index in [0.29, 0.717) is 6.42 Å². The topological polar surface area (TPSA) is 49.8 Å². The second kappa shape index (κ2) is 11.5. The van der Waals surface area contributed by atoms with E-state index in [0.717, 1.165) is 39.8 Å². The molecule has 1 heterocycles. The molecule has 5 heteroatoms. The number of carbonyl (C=O) groups excluding carboxylic acids is 1. The Bertz CT molecular complexity index is 1530. The molecule has 2 aliphatic rings. The van der Waals surface area contributed by atoms with Crippen LogP contribution in [0.2, 0.25) is 0 Å². The molecule has 1 aliphatic carbocycles. The standard InChI is InChI=1S/C37H37NO3S/c1-26(2)33-37(29-18-9-5-10-19-29,30-20-11-6-12-21-30)41-35(39)38(33)34(42-3)36(40)31(25-27-15-7-4-8-16-27)24-23-28-17-13-14-22-32(28)36/h4-22,25-26,33-34,40H,23-24H2,1-3H3/b31-25+/t33-,34-,36?/m0/s1. The van der Waals surface area contributed by atoms with Gasteiger partial charge in [-0.2, -0.15) is 0 Å². The predicted octanol–water partition coefficient (Wildman–Crippen LogP) is 8.01. The average Bonchev–Trinajstić information content (AvgIpc) is 3.34. The third-order valence-corrected chi connectivity index (χ3v) is 9.78. The zero-order valence-corrected chi connectivity index (χ0v) is 25.1. The summed E-state index contributed by atoms with van der Waals surface area (Å²) in [5.41, 5.74) is 3.25. The third-order valence-electron chi connectivity index (χ3n) is 8.77. The lowest BCUT2D eigenvalue weighted by atomic mass is 9.72. The van der Waals surface area contributed by atoms with Crippen molar-refractivity contribution in [2.45, 2.75) is 49.3 Å². The first-order chi connectivity index (χ1) is 20.4. The molecule has 1 aliphatic heterocycles. The van der Waals surface area contributed by atoms with Crippen molar-refractivity contribution >= 4 is 23.9 Å². The molecule has 0 spiro atoms. The molecule has 3 atom stereocenters. The number of fused-ring (bicyclic) bond motifs is 1. The van der Waals surface area contributed by atoms with Gasteiger partial charge in [-0.1, -0.05) is 135 Å². The van der Waals surface area contributed by atoms with Gasteiger partial charge in [0.05, 0.1) is 6.04 Å². The van der Waals surface area contributed by atoms with Crippen molar-refractivity contribution in [1.29, 1.82) is 0 Å². The molecule has 1 fully saturated rings. The minimum atomic E-state index is -1.43. The van der Waals surface area contributed by atoms with Gasteiger partial charge in [-0.25, -0.2) is 4.79 Å². The maximum absolute atomic E-state index is 14.4. The van der Waals surface area contributed by atoms with Crippen LogP contribution in [0.5, 0.6) is 0 Å². The summed E-state index contributed by atoms with van der Waals surface area (Å²) in [4.78, 5) is 16.2. The molecule has 4 aromatic rings. The Labute approximate surface area is 253 Å². The monoisotopic (exact) mass is 575 g/mol. The van der Waals surface area contributed by atoms with Crippen LogP contribution in [0.3, 0.4) is 0 Å². The zero-order valence-electron chi connectivity index (χ0n) is 24.3. The van der Waals surface area contributed by atoms with Gasteiger partial charge in [-0.3, -0.25) is 4.90 Å². The number of ether oxygens (including phenoxy) is 1. The van der Waals surface area contributed by atoms with Crippen LogP contribution in [0, 0.1) is 5.92 Å². The highest BCUT2D eigenvalue weighted by Gasteiger charge is 2.62. The fourth-order valence-corrected chi connectivity index (χ4v) is 8.11. The van der Waals surface area contributed by atoms with E-state index in [-0.39, 0.29) is 12.0 Å². The van der Waals surface area contributed by atoms with Crippen LogP contribution in [-0.2, 0) is 22.4 Å². The van der Waals surface area contributed by atoms with Crippen LogP contribution >= 0.6 is 11.8 Å². The van der Waals surface area contributed by atoms with E-state index >= 15 is 0 Å². The van der Waals surface area contributed by atoms with E-state index in [1.807, 2.05) is 108 Å². The van der Waals surface area contributed by atoms with Crippen molar-refractivity contribution in [2.75, 3.05) is 6.26 Å². The van der Waals surface area contributed by atoms with E-state index in [4.69, 9.17) is 4.74 Å². The SMILES string of the molecule is CS[C@H](N1C(=O)OC(c2ccccc2)(c2ccccc2)[C@@H]1C(C)C)C1(O)/C(=C/c2ccccc2)CCc2ccccc21. The average molecular weight is 576 g/mol. The summed E-state index contributed by atoms with van der Waals surface area (Å²) in [5.74, 6) is 0.00972. The van der Waals surface area contributed by atoms with Crippen LogP contribution in [0.1, 0.15) is 48.1 Å². The van der Waals surface area contributed by atoms with Gasteiger partial charge in [-0.05, 0) is 47.3 Å². The molecule has 1 saturated heterocycles. The highest BCUT2D eigenvalue weighted by atomic mass is 32.2. The Kier molecular flexibility index (Phi) is 7.73. The molecular weight excluding hydrogens is 538 g/mol. The van der Waals surface area contributed by atoms with Crippen molar-refractivity contribution in [2.24, 2.45) is 5.92 Å². The van der Waals surface area contributed by atoms with Gasteiger partial charge >= 0.3 is 6.09 Å². The first kappa shape index (κ1) is 28.3. The quantitative estimate of drug-likeness (QED) is 0.243. The summed E-state index contributed by atoms with van der Waals surface area (Å²) >= 11 is 1.50. The van der Waals surface area contributed by atoms with Gasteiger partial charge in [0, 0.05) is 11.1 Å². The Morgan fingerprint density at radius 3 is 1.95 bits per heavy atom. The van der Waals surface area contributed by atoms with Crippen molar-refractivity contribution in [3.63, 3.8) is 0 Å². The summed E-state index contributed by atoms with van der Waals surface area (Å²) in [6.45, 7) is 4.27. The maximum Gasteiger partial charge on any atom is 0.412 e. The summed E-state index contributed by atoms with van der Waals surface area (Å²) in [5, 5.41) is 12.5. The van der Waals surface area contributed by atoms with Gasteiger partial charge in [-0.15, -0.1) is 11.8 Å². The molecule has 0 radical (unpaired) electrons. The fraction of sp³-hybridized carbons (Fsp3) is 0.270. The molecule has 1 amide bonds. The lowest BCUT2D eigenvalue weighted by molar-refractivity contribution is 0.00416. The smallest absolute Gasteiger partial charge is 0.412 e. The molecule has 1 N–H and O–H groups in total. The number of nitrogens with zero attached hydrogens (tertiary/aromatic N) is 1.